The van der Waals surface area contributed by atoms with E-state index in [1.54, 1.807) is 0 Å². The topological polar surface area (TPSA) is 69.0 Å². The number of nitrogens with one attached hydrogen (secondary N) is 1. The zero-order chi connectivity index (χ0) is 24.8. The van der Waals surface area contributed by atoms with Gasteiger partial charge in [-0.3, -0.25) is 9.36 Å². The van der Waals surface area contributed by atoms with Gasteiger partial charge in [-0.2, -0.15) is 13.2 Å². The van der Waals surface area contributed by atoms with Crippen molar-refractivity contribution in [2.24, 2.45) is 0 Å². The number of alkyl halides is 5. The molecule has 182 valence electrons. The number of pyridine rings is 1. The van der Waals surface area contributed by atoms with Crippen LogP contribution in [0.1, 0.15) is 42.8 Å². The van der Waals surface area contributed by atoms with Crippen LogP contribution in [-0.4, -0.2) is 33.9 Å². The molecule has 0 aliphatic carbocycles. The Morgan fingerprint density at radius 2 is 1.91 bits per heavy atom. The first-order valence-corrected chi connectivity index (χ1v) is 10.3. The summed E-state index contributed by atoms with van der Waals surface area (Å²) in [5.74, 6) is -0.860. The Morgan fingerprint density at radius 1 is 1.21 bits per heavy atom. The molecule has 0 radical (unpaired) electrons. The number of anilines is 1. The lowest BCUT2D eigenvalue weighted by atomic mass is 9.97. The Balaban J connectivity index is 1.84. The molecular weight excluding hydrogens is 466 g/mol. The van der Waals surface area contributed by atoms with E-state index in [1.807, 2.05) is 0 Å². The van der Waals surface area contributed by atoms with Crippen LogP contribution in [0.2, 0.25) is 0 Å². The van der Waals surface area contributed by atoms with Crippen molar-refractivity contribution in [2.75, 3.05) is 18.5 Å². The van der Waals surface area contributed by atoms with Gasteiger partial charge in [0, 0.05) is 30.9 Å². The van der Waals surface area contributed by atoms with Crippen molar-refractivity contribution in [1.82, 2.24) is 14.5 Å². The maximum absolute atomic E-state index is 14.6. The van der Waals surface area contributed by atoms with Crippen molar-refractivity contribution in [2.45, 2.75) is 44.5 Å². The largest absolute Gasteiger partial charge is 0.414 e. The smallest absolute Gasteiger partial charge is 0.379 e. The van der Waals surface area contributed by atoms with Crippen molar-refractivity contribution in [1.29, 1.82) is 0 Å². The molecule has 12 heteroatoms. The summed E-state index contributed by atoms with van der Waals surface area (Å²) in [5, 5.41) is 2.96. The molecule has 6 nitrogen and oxygen atoms in total. The van der Waals surface area contributed by atoms with Crippen LogP contribution in [0.25, 0.3) is 10.9 Å². The normalized spacial score (nSPS) is 19.7. The van der Waals surface area contributed by atoms with E-state index in [0.717, 1.165) is 18.3 Å². The van der Waals surface area contributed by atoms with Crippen molar-refractivity contribution >= 4 is 16.7 Å². The average molecular weight is 486 g/mol. The summed E-state index contributed by atoms with van der Waals surface area (Å²) in [5.41, 5.74) is -4.22. The molecule has 1 aliphatic heterocycles. The number of ether oxygens (including phenoxy) is 1. The lowest BCUT2D eigenvalue weighted by Gasteiger charge is -2.32. The molecule has 4 rings (SSSR count). The number of nitrogens with zero attached hydrogens (tertiary/aromatic N) is 3. The third kappa shape index (κ3) is 3.99. The third-order valence-electron chi connectivity index (χ3n) is 5.95. The summed E-state index contributed by atoms with van der Waals surface area (Å²) in [6, 6.07) is 3.66. The number of rotatable bonds is 5. The highest BCUT2D eigenvalue weighted by Gasteiger charge is 2.59. The number of aryl methyl sites for hydroxylation is 1. The molecule has 1 fully saturated rings. The zero-order valence-corrected chi connectivity index (χ0v) is 18.1. The monoisotopic (exact) mass is 486 g/mol. The molecule has 1 N–H and O–H groups in total. The number of hydrogen-bond acceptors (Lipinski definition) is 5. The molecule has 1 aliphatic rings. The van der Waals surface area contributed by atoms with Gasteiger partial charge in [0.05, 0.1) is 29.1 Å². The van der Waals surface area contributed by atoms with E-state index in [4.69, 9.17) is 4.74 Å². The molecule has 0 spiro atoms. The highest BCUT2D eigenvalue weighted by Crippen LogP contribution is 2.43. The van der Waals surface area contributed by atoms with E-state index < -0.39 is 54.2 Å². The molecule has 3 heterocycles. The summed E-state index contributed by atoms with van der Waals surface area (Å²) in [7, 11) is 0. The van der Waals surface area contributed by atoms with Gasteiger partial charge >= 0.3 is 6.18 Å². The second kappa shape index (κ2) is 8.57. The minimum atomic E-state index is -4.77. The van der Waals surface area contributed by atoms with Gasteiger partial charge < -0.3 is 10.1 Å². The second-order valence-corrected chi connectivity index (χ2v) is 8.15. The standard InChI is InChI=1S/C22H20F6N4O2/c1-11(13-4-3-5-14(18(13)23)19(24)25)29-20-15-9-32(17(33)8-16(15)30-12(2)31-20)21(22(26,27)28)6-7-34-10-21/h3-5,8-9,11,19H,6-7,10H2,1-2H3,(H,29,30,31)/t11-,21-/m1/s1. The Labute approximate surface area is 189 Å². The fraction of sp³-hybridized carbons (Fsp3) is 0.409. The molecule has 0 saturated carbocycles. The van der Waals surface area contributed by atoms with Crippen molar-refractivity contribution in [3.8, 4) is 0 Å². The molecule has 0 unspecified atom stereocenters. The van der Waals surface area contributed by atoms with Gasteiger partial charge in [0.2, 0.25) is 0 Å². The lowest BCUT2D eigenvalue weighted by Crippen LogP contribution is -2.52. The number of benzene rings is 1. The van der Waals surface area contributed by atoms with E-state index in [2.05, 4.69) is 15.3 Å². The van der Waals surface area contributed by atoms with E-state index >= 15 is 0 Å². The molecule has 0 bridgehead atoms. The van der Waals surface area contributed by atoms with Crippen LogP contribution in [0.15, 0.2) is 35.3 Å². The first-order chi connectivity index (χ1) is 15.9. The molecule has 2 aromatic heterocycles. The highest BCUT2D eigenvalue weighted by molar-refractivity contribution is 5.88. The van der Waals surface area contributed by atoms with E-state index in [1.165, 1.54) is 26.0 Å². The Morgan fingerprint density at radius 3 is 2.53 bits per heavy atom. The highest BCUT2D eigenvalue weighted by atomic mass is 19.4. The minimum absolute atomic E-state index is 0.0295. The molecule has 2 atom stereocenters. The maximum Gasteiger partial charge on any atom is 0.414 e. The first kappa shape index (κ1) is 24.0. The predicted octanol–water partition coefficient (Wildman–Crippen LogP) is 5.03. The van der Waals surface area contributed by atoms with Gasteiger partial charge in [-0.05, 0) is 13.8 Å². The Bertz CT molecular complexity index is 1280. The van der Waals surface area contributed by atoms with Crippen LogP contribution in [-0.2, 0) is 10.3 Å². The van der Waals surface area contributed by atoms with E-state index in [-0.39, 0.29) is 34.7 Å². The van der Waals surface area contributed by atoms with E-state index in [9.17, 15) is 31.1 Å². The Hall–Kier alpha value is -3.15. The summed E-state index contributed by atoms with van der Waals surface area (Å²) in [6.07, 6.45) is -7.22. The molecule has 0 amide bonds. The number of aromatic nitrogens is 3. The summed E-state index contributed by atoms with van der Waals surface area (Å²) in [4.78, 5) is 21.0. The van der Waals surface area contributed by atoms with Crippen LogP contribution in [0.3, 0.4) is 0 Å². The second-order valence-electron chi connectivity index (χ2n) is 8.15. The van der Waals surface area contributed by atoms with Gasteiger partial charge in [0.25, 0.3) is 12.0 Å². The Kier molecular flexibility index (Phi) is 6.05. The molecule has 1 aromatic carbocycles. The fourth-order valence-electron chi connectivity index (χ4n) is 4.12. The number of fused-ring (bicyclic) bond motifs is 1. The first-order valence-electron chi connectivity index (χ1n) is 10.3. The zero-order valence-electron chi connectivity index (χ0n) is 18.1. The van der Waals surface area contributed by atoms with Gasteiger partial charge in [0.1, 0.15) is 17.5 Å². The average Bonchev–Trinajstić information content (AvgIpc) is 3.24. The van der Waals surface area contributed by atoms with Crippen molar-refractivity contribution < 1.29 is 31.1 Å². The summed E-state index contributed by atoms with van der Waals surface area (Å²) >= 11 is 0. The summed E-state index contributed by atoms with van der Waals surface area (Å²) < 4.78 is 88.5. The summed E-state index contributed by atoms with van der Waals surface area (Å²) in [6.45, 7) is 2.12. The van der Waals surface area contributed by atoms with Crippen LogP contribution in [0, 0.1) is 12.7 Å². The fourth-order valence-corrected chi connectivity index (χ4v) is 4.12. The quantitative estimate of drug-likeness (QED) is 0.513. The van der Waals surface area contributed by atoms with Crippen molar-refractivity contribution in [3.63, 3.8) is 0 Å². The third-order valence-corrected chi connectivity index (χ3v) is 5.95. The minimum Gasteiger partial charge on any atom is -0.379 e. The van der Waals surface area contributed by atoms with Crippen LogP contribution < -0.4 is 10.9 Å². The molecule has 1 saturated heterocycles. The predicted molar refractivity (Wildman–Crippen MR) is 111 cm³/mol. The van der Waals surface area contributed by atoms with E-state index in [0.29, 0.717) is 4.57 Å². The van der Waals surface area contributed by atoms with Gasteiger partial charge in [0.15, 0.2) is 5.54 Å². The SMILES string of the molecule is Cc1nc(N[C@H](C)c2cccc(C(F)F)c2F)c2cn([C@]3(C(F)(F)F)CCOC3)c(=O)cc2n1. The maximum atomic E-state index is 14.6. The molecule has 34 heavy (non-hydrogen) atoms. The van der Waals surface area contributed by atoms with Crippen LogP contribution in [0.5, 0.6) is 0 Å². The van der Waals surface area contributed by atoms with Gasteiger partial charge in [-0.25, -0.2) is 23.1 Å². The van der Waals surface area contributed by atoms with Gasteiger partial charge in [-0.15, -0.1) is 0 Å². The lowest BCUT2D eigenvalue weighted by molar-refractivity contribution is -0.214. The molecular formula is C22H20F6N4O2. The van der Waals surface area contributed by atoms with Crippen molar-refractivity contribution in [3.05, 3.63) is 63.6 Å². The van der Waals surface area contributed by atoms with Crippen LogP contribution >= 0.6 is 0 Å². The van der Waals surface area contributed by atoms with Crippen LogP contribution in [0.4, 0.5) is 32.2 Å². The van der Waals surface area contributed by atoms with Gasteiger partial charge in [-0.1, -0.05) is 18.2 Å². The number of hydrogen-bond donors (Lipinski definition) is 1. The molecule has 3 aromatic rings. The number of halogens is 6.